The van der Waals surface area contributed by atoms with Crippen molar-refractivity contribution in [3.63, 3.8) is 0 Å². The second-order valence-corrected chi connectivity index (χ2v) is 3.16. The summed E-state index contributed by atoms with van der Waals surface area (Å²) in [7, 11) is 0. The standard InChI is InChI=1S/C10H13N3/c1-3-8-5-4-6-13-9(11)7(2)12-10(8)13/h4-6H,3,11H2,1-2H3. The second-order valence-electron chi connectivity index (χ2n) is 3.16. The van der Waals surface area contributed by atoms with E-state index in [2.05, 4.69) is 18.0 Å². The zero-order valence-corrected chi connectivity index (χ0v) is 7.91. The smallest absolute Gasteiger partial charge is 0.141 e. The highest BCUT2D eigenvalue weighted by Gasteiger charge is 2.06. The molecule has 2 heterocycles. The van der Waals surface area contributed by atoms with E-state index < -0.39 is 0 Å². The van der Waals surface area contributed by atoms with Crippen molar-refractivity contribution in [2.24, 2.45) is 0 Å². The minimum Gasteiger partial charge on any atom is -0.383 e. The molecule has 0 aliphatic heterocycles. The lowest BCUT2D eigenvalue weighted by molar-refractivity contribution is 1.09. The molecule has 0 atom stereocenters. The van der Waals surface area contributed by atoms with Gasteiger partial charge in [0.1, 0.15) is 11.5 Å². The van der Waals surface area contributed by atoms with E-state index in [0.29, 0.717) is 0 Å². The van der Waals surface area contributed by atoms with Crippen molar-refractivity contribution in [2.75, 3.05) is 5.73 Å². The maximum absolute atomic E-state index is 5.86. The Labute approximate surface area is 77.2 Å². The van der Waals surface area contributed by atoms with E-state index in [1.54, 1.807) is 0 Å². The maximum atomic E-state index is 5.86. The van der Waals surface area contributed by atoms with Gasteiger partial charge in [0.15, 0.2) is 0 Å². The van der Waals surface area contributed by atoms with Crippen molar-refractivity contribution < 1.29 is 0 Å². The summed E-state index contributed by atoms with van der Waals surface area (Å²) < 4.78 is 1.94. The quantitative estimate of drug-likeness (QED) is 0.718. The molecule has 13 heavy (non-hydrogen) atoms. The van der Waals surface area contributed by atoms with Crippen molar-refractivity contribution >= 4 is 11.5 Å². The predicted molar refractivity (Wildman–Crippen MR) is 53.7 cm³/mol. The molecule has 68 valence electrons. The number of nitrogen functional groups attached to an aromatic ring is 1. The van der Waals surface area contributed by atoms with Crippen LogP contribution in [-0.2, 0) is 6.42 Å². The first-order valence-electron chi connectivity index (χ1n) is 4.46. The monoisotopic (exact) mass is 175 g/mol. The Kier molecular flexibility index (Phi) is 1.72. The van der Waals surface area contributed by atoms with Crippen molar-refractivity contribution in [3.05, 3.63) is 29.6 Å². The van der Waals surface area contributed by atoms with Gasteiger partial charge in [0.25, 0.3) is 0 Å². The van der Waals surface area contributed by atoms with Crippen molar-refractivity contribution in [3.8, 4) is 0 Å². The van der Waals surface area contributed by atoms with Gasteiger partial charge < -0.3 is 5.73 Å². The fraction of sp³-hybridized carbons (Fsp3) is 0.300. The summed E-state index contributed by atoms with van der Waals surface area (Å²) in [5.41, 5.74) is 8.99. The van der Waals surface area contributed by atoms with Gasteiger partial charge in [-0.2, -0.15) is 0 Å². The number of fused-ring (bicyclic) bond motifs is 1. The van der Waals surface area contributed by atoms with Gasteiger partial charge in [0.2, 0.25) is 0 Å². The van der Waals surface area contributed by atoms with E-state index in [1.165, 1.54) is 5.56 Å². The first-order valence-corrected chi connectivity index (χ1v) is 4.46. The number of nitrogens with zero attached hydrogens (tertiary/aromatic N) is 2. The number of imidazole rings is 1. The number of hydrogen-bond acceptors (Lipinski definition) is 2. The van der Waals surface area contributed by atoms with Gasteiger partial charge in [-0.1, -0.05) is 13.0 Å². The number of anilines is 1. The molecule has 0 aliphatic carbocycles. The van der Waals surface area contributed by atoms with Gasteiger partial charge in [-0.05, 0) is 25.0 Å². The van der Waals surface area contributed by atoms with Gasteiger partial charge in [-0.25, -0.2) is 4.98 Å². The largest absolute Gasteiger partial charge is 0.383 e. The Morgan fingerprint density at radius 1 is 1.54 bits per heavy atom. The first-order chi connectivity index (χ1) is 6.24. The average Bonchev–Trinajstić information content (AvgIpc) is 2.43. The lowest BCUT2D eigenvalue weighted by Crippen LogP contribution is -1.95. The molecule has 3 nitrogen and oxygen atoms in total. The molecule has 2 aromatic rings. The van der Waals surface area contributed by atoms with E-state index in [0.717, 1.165) is 23.6 Å². The van der Waals surface area contributed by atoms with Gasteiger partial charge in [0, 0.05) is 6.20 Å². The highest BCUT2D eigenvalue weighted by molar-refractivity contribution is 5.57. The van der Waals surface area contributed by atoms with Crippen LogP contribution in [0.2, 0.25) is 0 Å². The molecule has 0 bridgehead atoms. The molecule has 0 fully saturated rings. The summed E-state index contributed by atoms with van der Waals surface area (Å²) in [6.07, 6.45) is 2.93. The Morgan fingerprint density at radius 2 is 2.31 bits per heavy atom. The van der Waals surface area contributed by atoms with Crippen LogP contribution < -0.4 is 5.73 Å². The fourth-order valence-corrected chi connectivity index (χ4v) is 1.53. The predicted octanol–water partition coefficient (Wildman–Crippen LogP) is 1.79. The Balaban J connectivity index is 2.84. The molecule has 0 saturated heterocycles. The average molecular weight is 175 g/mol. The van der Waals surface area contributed by atoms with Crippen LogP contribution in [-0.4, -0.2) is 9.38 Å². The molecular weight excluding hydrogens is 162 g/mol. The third-order valence-corrected chi connectivity index (χ3v) is 2.33. The minimum atomic E-state index is 0.741. The SMILES string of the molecule is CCc1cccn2c(N)c(C)nc12. The van der Waals surface area contributed by atoms with Crippen molar-refractivity contribution in [2.45, 2.75) is 20.3 Å². The summed E-state index contributed by atoms with van der Waals surface area (Å²) in [4.78, 5) is 4.42. The summed E-state index contributed by atoms with van der Waals surface area (Å²) in [5.74, 6) is 0.741. The number of aryl methyl sites for hydroxylation is 2. The molecule has 2 aromatic heterocycles. The summed E-state index contributed by atoms with van der Waals surface area (Å²) in [6.45, 7) is 4.05. The van der Waals surface area contributed by atoms with Crippen LogP contribution in [0.4, 0.5) is 5.82 Å². The number of rotatable bonds is 1. The van der Waals surface area contributed by atoms with E-state index >= 15 is 0 Å². The molecule has 0 unspecified atom stereocenters. The summed E-state index contributed by atoms with van der Waals surface area (Å²) >= 11 is 0. The third kappa shape index (κ3) is 1.08. The highest BCUT2D eigenvalue weighted by atomic mass is 15.1. The van der Waals surface area contributed by atoms with E-state index in [9.17, 15) is 0 Å². The summed E-state index contributed by atoms with van der Waals surface area (Å²) in [5, 5.41) is 0. The first kappa shape index (κ1) is 8.10. The molecule has 2 N–H and O–H groups in total. The fourth-order valence-electron chi connectivity index (χ4n) is 1.53. The Hall–Kier alpha value is -1.51. The van der Waals surface area contributed by atoms with Crippen LogP contribution in [0.5, 0.6) is 0 Å². The number of pyridine rings is 1. The van der Waals surface area contributed by atoms with E-state index in [-0.39, 0.29) is 0 Å². The van der Waals surface area contributed by atoms with Crippen LogP contribution in [0.1, 0.15) is 18.2 Å². The Bertz CT molecular complexity index is 443. The van der Waals surface area contributed by atoms with E-state index in [4.69, 9.17) is 5.73 Å². The van der Waals surface area contributed by atoms with Crippen LogP contribution >= 0.6 is 0 Å². The van der Waals surface area contributed by atoms with Crippen LogP contribution in [0.25, 0.3) is 5.65 Å². The second kappa shape index (κ2) is 2.76. The van der Waals surface area contributed by atoms with Gasteiger partial charge in [-0.15, -0.1) is 0 Å². The Morgan fingerprint density at radius 3 is 3.00 bits per heavy atom. The topological polar surface area (TPSA) is 43.3 Å². The molecule has 0 spiro atoms. The lowest BCUT2D eigenvalue weighted by Gasteiger charge is -1.99. The van der Waals surface area contributed by atoms with E-state index in [1.807, 2.05) is 23.6 Å². The van der Waals surface area contributed by atoms with Crippen LogP contribution in [0.15, 0.2) is 18.3 Å². The molecule has 2 rings (SSSR count). The number of aromatic nitrogens is 2. The third-order valence-electron chi connectivity index (χ3n) is 2.33. The van der Waals surface area contributed by atoms with Gasteiger partial charge >= 0.3 is 0 Å². The molecule has 0 aromatic carbocycles. The molecule has 3 heteroatoms. The van der Waals surface area contributed by atoms with Crippen molar-refractivity contribution in [1.29, 1.82) is 0 Å². The zero-order valence-electron chi connectivity index (χ0n) is 7.91. The number of nitrogens with two attached hydrogens (primary N) is 1. The molecular formula is C10H13N3. The van der Waals surface area contributed by atoms with Crippen LogP contribution in [0, 0.1) is 6.92 Å². The normalized spacial score (nSPS) is 10.9. The highest BCUT2D eigenvalue weighted by Crippen LogP contribution is 2.17. The lowest BCUT2D eigenvalue weighted by atomic mass is 10.2. The molecule has 0 aliphatic rings. The minimum absolute atomic E-state index is 0.741. The van der Waals surface area contributed by atoms with Crippen LogP contribution in [0.3, 0.4) is 0 Å². The number of hydrogen-bond donors (Lipinski definition) is 1. The molecule has 0 radical (unpaired) electrons. The van der Waals surface area contributed by atoms with Gasteiger partial charge in [0.05, 0.1) is 5.69 Å². The molecule has 0 amide bonds. The van der Waals surface area contributed by atoms with Crippen molar-refractivity contribution in [1.82, 2.24) is 9.38 Å². The maximum Gasteiger partial charge on any atom is 0.141 e. The van der Waals surface area contributed by atoms with Gasteiger partial charge in [-0.3, -0.25) is 4.40 Å². The zero-order chi connectivity index (χ0) is 9.42. The molecule has 0 saturated carbocycles. The summed E-state index contributed by atoms with van der Waals surface area (Å²) in [6, 6.07) is 4.09.